The SMILES string of the molecule is CCCCc1ccc(NC(=O)COC(=O)c2ccc(COC)cc2)cc1. The van der Waals surface area contributed by atoms with E-state index in [4.69, 9.17) is 9.47 Å². The van der Waals surface area contributed by atoms with Gasteiger partial charge in [0.1, 0.15) is 0 Å². The summed E-state index contributed by atoms with van der Waals surface area (Å²) in [6.07, 6.45) is 3.33. The van der Waals surface area contributed by atoms with Gasteiger partial charge in [-0.05, 0) is 48.2 Å². The maximum Gasteiger partial charge on any atom is 0.338 e. The first-order valence-electron chi connectivity index (χ1n) is 8.76. The van der Waals surface area contributed by atoms with Gasteiger partial charge in [-0.15, -0.1) is 0 Å². The number of hydrogen-bond donors (Lipinski definition) is 1. The van der Waals surface area contributed by atoms with E-state index in [2.05, 4.69) is 12.2 Å². The van der Waals surface area contributed by atoms with Crippen molar-refractivity contribution in [2.75, 3.05) is 19.0 Å². The van der Waals surface area contributed by atoms with Gasteiger partial charge in [-0.1, -0.05) is 37.6 Å². The number of unbranched alkanes of at least 4 members (excludes halogenated alkanes) is 1. The van der Waals surface area contributed by atoms with Crippen molar-refractivity contribution in [1.82, 2.24) is 0 Å². The van der Waals surface area contributed by atoms with Crippen LogP contribution < -0.4 is 5.32 Å². The van der Waals surface area contributed by atoms with Crippen LogP contribution in [0.15, 0.2) is 48.5 Å². The molecule has 0 atom stereocenters. The molecule has 5 heteroatoms. The first-order chi connectivity index (χ1) is 12.6. The standard InChI is InChI=1S/C21H25NO4/c1-3-4-5-16-8-12-19(13-9-16)22-20(23)15-26-21(24)18-10-6-17(7-11-18)14-25-2/h6-13H,3-5,14-15H2,1-2H3,(H,22,23). The number of nitrogens with one attached hydrogen (secondary N) is 1. The van der Waals surface area contributed by atoms with Crippen LogP contribution >= 0.6 is 0 Å². The highest BCUT2D eigenvalue weighted by Gasteiger charge is 2.10. The highest BCUT2D eigenvalue weighted by Crippen LogP contribution is 2.12. The Labute approximate surface area is 154 Å². The van der Waals surface area contributed by atoms with E-state index in [1.165, 1.54) is 5.56 Å². The number of ether oxygens (including phenoxy) is 2. The molecular weight excluding hydrogens is 330 g/mol. The number of aryl methyl sites for hydroxylation is 1. The minimum Gasteiger partial charge on any atom is -0.452 e. The van der Waals surface area contributed by atoms with Gasteiger partial charge < -0.3 is 14.8 Å². The summed E-state index contributed by atoms with van der Waals surface area (Å²) >= 11 is 0. The second-order valence-electron chi connectivity index (χ2n) is 6.05. The molecule has 0 aliphatic rings. The third-order valence-electron chi connectivity index (χ3n) is 3.89. The molecule has 5 nitrogen and oxygen atoms in total. The zero-order valence-corrected chi connectivity index (χ0v) is 15.3. The van der Waals surface area contributed by atoms with Gasteiger partial charge >= 0.3 is 5.97 Å². The second kappa shape index (κ2) is 10.4. The van der Waals surface area contributed by atoms with Crippen molar-refractivity contribution in [3.8, 4) is 0 Å². The smallest absolute Gasteiger partial charge is 0.338 e. The van der Waals surface area contributed by atoms with E-state index in [9.17, 15) is 9.59 Å². The topological polar surface area (TPSA) is 64.6 Å². The van der Waals surface area contributed by atoms with E-state index in [0.717, 1.165) is 24.8 Å². The summed E-state index contributed by atoms with van der Waals surface area (Å²) in [5.74, 6) is -0.894. The average molecular weight is 355 g/mol. The van der Waals surface area contributed by atoms with Crippen molar-refractivity contribution in [3.05, 3.63) is 65.2 Å². The Balaban J connectivity index is 1.79. The molecule has 1 amide bonds. The first kappa shape index (κ1) is 19.7. The number of carbonyl (C=O) groups is 2. The Hall–Kier alpha value is -2.66. The van der Waals surface area contributed by atoms with Gasteiger partial charge in [0, 0.05) is 12.8 Å². The predicted octanol–water partition coefficient (Wildman–Crippen LogP) is 3.97. The Morgan fingerprint density at radius 1 is 0.962 bits per heavy atom. The third-order valence-corrected chi connectivity index (χ3v) is 3.89. The van der Waals surface area contributed by atoms with E-state index in [0.29, 0.717) is 17.9 Å². The molecule has 0 radical (unpaired) electrons. The molecule has 0 bridgehead atoms. The van der Waals surface area contributed by atoms with Gasteiger partial charge in [0.25, 0.3) is 5.91 Å². The van der Waals surface area contributed by atoms with E-state index in [1.807, 2.05) is 24.3 Å². The van der Waals surface area contributed by atoms with Crippen LogP contribution in [0.2, 0.25) is 0 Å². The molecule has 0 aromatic heterocycles. The highest BCUT2D eigenvalue weighted by atomic mass is 16.5. The predicted molar refractivity (Wildman–Crippen MR) is 101 cm³/mol. The molecule has 0 fully saturated rings. The van der Waals surface area contributed by atoms with Crippen molar-refractivity contribution >= 4 is 17.6 Å². The van der Waals surface area contributed by atoms with Crippen LogP contribution in [-0.4, -0.2) is 25.6 Å². The number of esters is 1. The first-order valence-corrected chi connectivity index (χ1v) is 8.76. The summed E-state index contributed by atoms with van der Waals surface area (Å²) in [6, 6.07) is 14.6. The van der Waals surface area contributed by atoms with E-state index in [-0.39, 0.29) is 12.5 Å². The third kappa shape index (κ3) is 6.33. The molecule has 0 aliphatic carbocycles. The maximum atomic E-state index is 12.0. The van der Waals surface area contributed by atoms with Gasteiger partial charge in [0.15, 0.2) is 6.61 Å². The van der Waals surface area contributed by atoms with Crippen LogP contribution in [0.1, 0.15) is 41.3 Å². The lowest BCUT2D eigenvalue weighted by Crippen LogP contribution is -2.20. The van der Waals surface area contributed by atoms with Crippen molar-refractivity contribution in [1.29, 1.82) is 0 Å². The summed E-state index contributed by atoms with van der Waals surface area (Å²) in [6.45, 7) is 2.31. The summed E-state index contributed by atoms with van der Waals surface area (Å²) in [7, 11) is 1.61. The lowest BCUT2D eigenvalue weighted by atomic mass is 10.1. The summed E-state index contributed by atoms with van der Waals surface area (Å²) in [4.78, 5) is 23.9. The lowest BCUT2D eigenvalue weighted by Gasteiger charge is -2.08. The molecule has 2 aromatic carbocycles. The fourth-order valence-corrected chi connectivity index (χ4v) is 2.45. The summed E-state index contributed by atoms with van der Waals surface area (Å²) < 4.78 is 10.1. The average Bonchev–Trinajstić information content (AvgIpc) is 2.66. The number of benzene rings is 2. The number of methoxy groups -OCH3 is 1. The van der Waals surface area contributed by atoms with Crippen LogP contribution in [0, 0.1) is 0 Å². The van der Waals surface area contributed by atoms with Crippen LogP contribution in [0.3, 0.4) is 0 Å². The molecular formula is C21H25NO4. The molecule has 1 N–H and O–H groups in total. The zero-order chi connectivity index (χ0) is 18.8. The summed E-state index contributed by atoms with van der Waals surface area (Å²) in [5, 5.41) is 2.73. The Morgan fingerprint density at radius 3 is 2.23 bits per heavy atom. The molecule has 0 saturated carbocycles. The minimum atomic E-state index is -0.529. The van der Waals surface area contributed by atoms with Crippen molar-refractivity contribution < 1.29 is 19.1 Å². The lowest BCUT2D eigenvalue weighted by molar-refractivity contribution is -0.119. The van der Waals surface area contributed by atoms with Gasteiger partial charge in [-0.3, -0.25) is 4.79 Å². The number of rotatable bonds is 9. The maximum absolute atomic E-state index is 12.0. The van der Waals surface area contributed by atoms with Crippen molar-refractivity contribution in [2.24, 2.45) is 0 Å². The van der Waals surface area contributed by atoms with E-state index < -0.39 is 5.97 Å². The van der Waals surface area contributed by atoms with Gasteiger partial charge in [0.05, 0.1) is 12.2 Å². The molecule has 138 valence electrons. The molecule has 2 rings (SSSR count). The molecule has 26 heavy (non-hydrogen) atoms. The van der Waals surface area contributed by atoms with Gasteiger partial charge in [-0.25, -0.2) is 4.79 Å². The Bertz CT molecular complexity index is 708. The van der Waals surface area contributed by atoms with Crippen LogP contribution in [0.25, 0.3) is 0 Å². The monoisotopic (exact) mass is 355 g/mol. The van der Waals surface area contributed by atoms with Gasteiger partial charge in [-0.2, -0.15) is 0 Å². The van der Waals surface area contributed by atoms with Crippen LogP contribution in [0.4, 0.5) is 5.69 Å². The Kier molecular flexibility index (Phi) is 7.83. The van der Waals surface area contributed by atoms with Crippen molar-refractivity contribution in [2.45, 2.75) is 32.8 Å². The largest absolute Gasteiger partial charge is 0.452 e. The number of amides is 1. The number of anilines is 1. The number of carbonyl (C=O) groups excluding carboxylic acids is 2. The van der Waals surface area contributed by atoms with E-state index in [1.54, 1.807) is 31.4 Å². The molecule has 0 aliphatic heterocycles. The molecule has 0 saturated heterocycles. The van der Waals surface area contributed by atoms with E-state index >= 15 is 0 Å². The number of hydrogen-bond acceptors (Lipinski definition) is 4. The molecule has 2 aromatic rings. The fourth-order valence-electron chi connectivity index (χ4n) is 2.45. The highest BCUT2D eigenvalue weighted by molar-refractivity contribution is 5.95. The fraction of sp³-hybridized carbons (Fsp3) is 0.333. The van der Waals surface area contributed by atoms with Crippen LogP contribution in [0.5, 0.6) is 0 Å². The molecule has 0 spiro atoms. The van der Waals surface area contributed by atoms with Gasteiger partial charge in [0.2, 0.25) is 0 Å². The molecule has 0 heterocycles. The second-order valence-corrected chi connectivity index (χ2v) is 6.05. The van der Waals surface area contributed by atoms with Crippen molar-refractivity contribution in [3.63, 3.8) is 0 Å². The van der Waals surface area contributed by atoms with Crippen LogP contribution in [-0.2, 0) is 27.3 Å². The quantitative estimate of drug-likeness (QED) is 0.691. The Morgan fingerprint density at radius 2 is 1.62 bits per heavy atom. The normalized spacial score (nSPS) is 10.4. The molecule has 0 unspecified atom stereocenters. The minimum absolute atomic E-state index is 0.323. The summed E-state index contributed by atoms with van der Waals surface area (Å²) in [5.41, 5.74) is 3.30. The zero-order valence-electron chi connectivity index (χ0n) is 15.3.